The van der Waals surface area contributed by atoms with Crippen molar-refractivity contribution in [3.63, 3.8) is 0 Å². The molecule has 0 aliphatic heterocycles. The zero-order valence-corrected chi connectivity index (χ0v) is 13.9. The van der Waals surface area contributed by atoms with Crippen LogP contribution in [0.15, 0.2) is 47.4 Å². The molecule has 5 heteroatoms. The van der Waals surface area contributed by atoms with Crippen molar-refractivity contribution in [2.24, 2.45) is 0 Å². The third-order valence-corrected chi connectivity index (χ3v) is 4.90. The smallest absolute Gasteiger partial charge is 0.258 e. The van der Waals surface area contributed by atoms with Crippen LogP contribution in [0.25, 0.3) is 0 Å². The Morgan fingerprint density at radius 3 is 2.14 bits per heavy atom. The molecule has 0 bridgehead atoms. The molecule has 4 nitrogen and oxygen atoms in total. The van der Waals surface area contributed by atoms with Crippen molar-refractivity contribution in [1.82, 2.24) is 0 Å². The van der Waals surface area contributed by atoms with E-state index in [-0.39, 0.29) is 10.8 Å². The number of anilines is 1. The second-order valence-corrected chi connectivity index (χ2v) is 7.40. The summed E-state index contributed by atoms with van der Waals surface area (Å²) in [5, 5.41) is 0. The molecule has 2 rings (SSSR count). The van der Waals surface area contributed by atoms with Gasteiger partial charge in [0.2, 0.25) is 0 Å². The maximum Gasteiger partial charge on any atom is 0.258 e. The first kappa shape index (κ1) is 16.2. The second kappa shape index (κ2) is 5.93. The molecule has 2 aromatic rings. The van der Waals surface area contributed by atoms with Gasteiger partial charge in [0.15, 0.2) is 9.84 Å². The second-order valence-electron chi connectivity index (χ2n) is 5.38. The first-order valence-corrected chi connectivity index (χ1v) is 8.75. The molecule has 1 amide bonds. The Kier molecular flexibility index (Phi) is 4.37. The fraction of sp³-hybridized carbons (Fsp3) is 0.235. The fourth-order valence-corrected chi connectivity index (χ4v) is 2.88. The van der Waals surface area contributed by atoms with Gasteiger partial charge in [-0.05, 0) is 55.3 Å². The molecule has 2 aromatic carbocycles. The standard InChI is InChI=1S/C17H19NO3S/c1-12-6-5-7-16(13(12)2)18(3)17(19)14-8-10-15(11-9-14)22(4,20)21/h5-11H,1-4H3. The van der Waals surface area contributed by atoms with Crippen molar-refractivity contribution in [1.29, 1.82) is 0 Å². The average molecular weight is 317 g/mol. The fourth-order valence-electron chi connectivity index (χ4n) is 2.25. The molecule has 0 aliphatic rings. The predicted molar refractivity (Wildman–Crippen MR) is 88.2 cm³/mol. The van der Waals surface area contributed by atoms with E-state index in [1.807, 2.05) is 32.0 Å². The first-order chi connectivity index (χ1) is 10.2. The van der Waals surface area contributed by atoms with E-state index in [1.54, 1.807) is 24.1 Å². The van der Waals surface area contributed by atoms with Crippen LogP contribution in [0.2, 0.25) is 0 Å². The molecule has 0 spiro atoms. The summed E-state index contributed by atoms with van der Waals surface area (Å²) in [5.74, 6) is -0.172. The minimum absolute atomic E-state index is 0.172. The molecular weight excluding hydrogens is 298 g/mol. The molecular formula is C17H19NO3S. The van der Waals surface area contributed by atoms with Crippen LogP contribution in [0.5, 0.6) is 0 Å². The summed E-state index contributed by atoms with van der Waals surface area (Å²) in [6.07, 6.45) is 1.14. The normalized spacial score (nSPS) is 11.3. The van der Waals surface area contributed by atoms with Crippen molar-refractivity contribution >= 4 is 21.4 Å². The summed E-state index contributed by atoms with van der Waals surface area (Å²) in [6.45, 7) is 3.97. The largest absolute Gasteiger partial charge is 0.311 e. The summed E-state index contributed by atoms with van der Waals surface area (Å²) in [6, 6.07) is 11.8. The van der Waals surface area contributed by atoms with E-state index >= 15 is 0 Å². The molecule has 0 unspecified atom stereocenters. The lowest BCUT2D eigenvalue weighted by atomic mass is 10.1. The van der Waals surface area contributed by atoms with Gasteiger partial charge in [0.25, 0.3) is 5.91 Å². The van der Waals surface area contributed by atoms with Crippen LogP contribution >= 0.6 is 0 Å². The highest BCUT2D eigenvalue weighted by molar-refractivity contribution is 7.90. The van der Waals surface area contributed by atoms with Crippen LogP contribution in [0.3, 0.4) is 0 Å². The summed E-state index contributed by atoms with van der Waals surface area (Å²) < 4.78 is 22.9. The monoisotopic (exact) mass is 317 g/mol. The zero-order valence-electron chi connectivity index (χ0n) is 13.1. The molecule has 0 atom stereocenters. The Morgan fingerprint density at radius 1 is 1.00 bits per heavy atom. The molecule has 0 radical (unpaired) electrons. The van der Waals surface area contributed by atoms with E-state index in [4.69, 9.17) is 0 Å². The number of hydrogen-bond donors (Lipinski definition) is 0. The topological polar surface area (TPSA) is 54.5 Å². The van der Waals surface area contributed by atoms with E-state index in [2.05, 4.69) is 0 Å². The van der Waals surface area contributed by atoms with E-state index < -0.39 is 9.84 Å². The summed E-state index contributed by atoms with van der Waals surface area (Å²) in [4.78, 5) is 14.3. The van der Waals surface area contributed by atoms with Crippen LogP contribution in [0.4, 0.5) is 5.69 Å². The minimum Gasteiger partial charge on any atom is -0.311 e. The van der Waals surface area contributed by atoms with E-state index in [9.17, 15) is 13.2 Å². The molecule has 0 saturated heterocycles. The number of sulfone groups is 1. The number of aryl methyl sites for hydroxylation is 1. The lowest BCUT2D eigenvalue weighted by Gasteiger charge is -2.20. The van der Waals surface area contributed by atoms with Gasteiger partial charge in [-0.3, -0.25) is 4.79 Å². The first-order valence-electron chi connectivity index (χ1n) is 6.86. The molecule has 0 saturated carbocycles. The Balaban J connectivity index is 2.33. The van der Waals surface area contributed by atoms with Crippen molar-refractivity contribution in [2.45, 2.75) is 18.7 Å². The third-order valence-electron chi connectivity index (χ3n) is 3.77. The summed E-state index contributed by atoms with van der Waals surface area (Å²) in [7, 11) is -1.54. The minimum atomic E-state index is -3.25. The zero-order chi connectivity index (χ0) is 16.5. The lowest BCUT2D eigenvalue weighted by Crippen LogP contribution is -2.27. The Hall–Kier alpha value is -2.14. The molecule has 22 heavy (non-hydrogen) atoms. The Labute approximate surface area is 131 Å². The number of rotatable bonds is 3. The van der Waals surface area contributed by atoms with Gasteiger partial charge in [0.1, 0.15) is 0 Å². The highest BCUT2D eigenvalue weighted by atomic mass is 32.2. The maximum absolute atomic E-state index is 12.5. The highest BCUT2D eigenvalue weighted by Crippen LogP contribution is 2.23. The van der Waals surface area contributed by atoms with Gasteiger partial charge in [0, 0.05) is 24.6 Å². The van der Waals surface area contributed by atoms with Gasteiger partial charge >= 0.3 is 0 Å². The van der Waals surface area contributed by atoms with Crippen LogP contribution in [0, 0.1) is 13.8 Å². The number of benzene rings is 2. The highest BCUT2D eigenvalue weighted by Gasteiger charge is 2.16. The van der Waals surface area contributed by atoms with Crippen molar-refractivity contribution < 1.29 is 13.2 Å². The van der Waals surface area contributed by atoms with E-state index in [0.717, 1.165) is 23.1 Å². The van der Waals surface area contributed by atoms with Gasteiger partial charge in [-0.15, -0.1) is 0 Å². The predicted octanol–water partition coefficient (Wildman–Crippen LogP) is 2.98. The van der Waals surface area contributed by atoms with Crippen LogP contribution in [-0.2, 0) is 9.84 Å². The van der Waals surface area contributed by atoms with Crippen molar-refractivity contribution in [2.75, 3.05) is 18.2 Å². The SMILES string of the molecule is Cc1cccc(N(C)C(=O)c2ccc(S(C)(=O)=O)cc2)c1C. The third kappa shape index (κ3) is 3.20. The van der Waals surface area contributed by atoms with Crippen LogP contribution < -0.4 is 4.90 Å². The molecule has 0 aliphatic carbocycles. The van der Waals surface area contributed by atoms with Gasteiger partial charge in [0.05, 0.1) is 4.90 Å². The number of hydrogen-bond acceptors (Lipinski definition) is 3. The number of carbonyl (C=O) groups is 1. The summed E-state index contributed by atoms with van der Waals surface area (Å²) in [5.41, 5.74) is 3.46. The van der Waals surface area contributed by atoms with Gasteiger partial charge < -0.3 is 4.90 Å². The number of carbonyl (C=O) groups excluding carboxylic acids is 1. The van der Waals surface area contributed by atoms with Gasteiger partial charge in [-0.25, -0.2) is 8.42 Å². The van der Waals surface area contributed by atoms with Crippen molar-refractivity contribution in [3.8, 4) is 0 Å². The molecule has 0 aromatic heterocycles. The van der Waals surface area contributed by atoms with Crippen molar-refractivity contribution in [3.05, 3.63) is 59.2 Å². The Morgan fingerprint density at radius 2 is 1.59 bits per heavy atom. The van der Waals surface area contributed by atoms with Gasteiger partial charge in [-0.2, -0.15) is 0 Å². The molecule has 0 fully saturated rings. The summed E-state index contributed by atoms with van der Waals surface area (Å²) >= 11 is 0. The molecule has 116 valence electrons. The van der Waals surface area contributed by atoms with Crippen LogP contribution in [0.1, 0.15) is 21.5 Å². The molecule has 0 N–H and O–H groups in total. The average Bonchev–Trinajstić information content (AvgIpc) is 2.48. The Bertz CT molecular complexity index is 808. The lowest BCUT2D eigenvalue weighted by molar-refractivity contribution is 0.0993. The number of nitrogens with zero attached hydrogens (tertiary/aromatic N) is 1. The van der Waals surface area contributed by atoms with E-state index in [1.165, 1.54) is 12.1 Å². The maximum atomic E-state index is 12.5. The van der Waals surface area contributed by atoms with Crippen LogP contribution in [-0.4, -0.2) is 27.6 Å². The van der Waals surface area contributed by atoms with Gasteiger partial charge in [-0.1, -0.05) is 12.1 Å². The quantitative estimate of drug-likeness (QED) is 0.874. The van der Waals surface area contributed by atoms with E-state index in [0.29, 0.717) is 5.56 Å². The molecule has 0 heterocycles. The number of amides is 1.